The topological polar surface area (TPSA) is 67.9 Å². The van der Waals surface area contributed by atoms with Gasteiger partial charge in [-0.05, 0) is 56.2 Å². The first-order valence-corrected chi connectivity index (χ1v) is 11.3. The molecule has 6 heteroatoms. The Labute approximate surface area is 201 Å². The van der Waals surface area contributed by atoms with E-state index in [9.17, 15) is 9.59 Å². The number of hydrogen-bond acceptors (Lipinski definition) is 4. The molecule has 0 saturated carbocycles. The molecule has 0 aliphatic heterocycles. The third-order valence-corrected chi connectivity index (χ3v) is 5.11. The minimum atomic E-state index is -0.817. The predicted octanol–water partition coefficient (Wildman–Crippen LogP) is 5.36. The smallest absolute Gasteiger partial charge is 0.408 e. The van der Waals surface area contributed by atoms with Crippen LogP contribution in [0.2, 0.25) is 0 Å². The second-order valence-electron chi connectivity index (χ2n) is 9.00. The molecule has 3 aromatic rings. The summed E-state index contributed by atoms with van der Waals surface area (Å²) >= 11 is 0. The summed E-state index contributed by atoms with van der Waals surface area (Å²) in [6, 6.07) is 25.9. The molecule has 0 bridgehead atoms. The third kappa shape index (κ3) is 7.37. The molecular weight excluding hydrogens is 428 g/mol. The van der Waals surface area contributed by atoms with Gasteiger partial charge in [-0.1, -0.05) is 60.7 Å². The van der Waals surface area contributed by atoms with Gasteiger partial charge in [0.25, 0.3) is 0 Å². The van der Waals surface area contributed by atoms with Crippen molar-refractivity contribution in [1.29, 1.82) is 0 Å². The van der Waals surface area contributed by atoms with Crippen molar-refractivity contribution in [2.45, 2.75) is 45.4 Å². The van der Waals surface area contributed by atoms with Crippen LogP contribution in [-0.4, -0.2) is 30.8 Å². The van der Waals surface area contributed by atoms with Crippen LogP contribution in [0.3, 0.4) is 0 Å². The summed E-state index contributed by atoms with van der Waals surface area (Å²) in [6.07, 6.45) is -0.295. The van der Waals surface area contributed by atoms with E-state index < -0.39 is 17.7 Å². The van der Waals surface area contributed by atoms with E-state index in [0.29, 0.717) is 24.4 Å². The van der Waals surface area contributed by atoms with Crippen molar-refractivity contribution in [1.82, 2.24) is 5.32 Å². The van der Waals surface area contributed by atoms with Crippen molar-refractivity contribution in [3.63, 3.8) is 0 Å². The van der Waals surface area contributed by atoms with Gasteiger partial charge < -0.3 is 19.7 Å². The van der Waals surface area contributed by atoms with Crippen molar-refractivity contribution in [3.8, 4) is 5.75 Å². The first-order valence-electron chi connectivity index (χ1n) is 11.3. The van der Waals surface area contributed by atoms with Crippen LogP contribution in [0.15, 0.2) is 84.9 Å². The number of anilines is 1. The van der Waals surface area contributed by atoms with Gasteiger partial charge in [-0.2, -0.15) is 0 Å². The number of carbonyl (C=O) groups is 2. The molecule has 3 rings (SSSR count). The second kappa shape index (κ2) is 11.4. The number of benzene rings is 3. The van der Waals surface area contributed by atoms with Crippen LogP contribution in [0.5, 0.6) is 5.75 Å². The number of alkyl carbamates (subject to hydrolysis) is 1. The van der Waals surface area contributed by atoms with E-state index in [4.69, 9.17) is 9.47 Å². The van der Waals surface area contributed by atoms with Crippen LogP contribution >= 0.6 is 0 Å². The van der Waals surface area contributed by atoms with E-state index in [1.807, 2.05) is 84.9 Å². The molecule has 0 fully saturated rings. The zero-order valence-electron chi connectivity index (χ0n) is 20.2. The van der Waals surface area contributed by atoms with Crippen LogP contribution in [0.25, 0.3) is 0 Å². The van der Waals surface area contributed by atoms with Gasteiger partial charge in [-0.3, -0.25) is 4.79 Å². The van der Waals surface area contributed by atoms with Crippen LogP contribution in [-0.2, 0) is 22.5 Å². The SMILES string of the molecule is COc1ccc(N(Cc2ccccc2)C(=O)[C@H](Cc2ccccc2)NC(=O)OC(C)(C)C)cc1. The highest BCUT2D eigenvalue weighted by molar-refractivity contribution is 5.99. The number of hydrogen-bond donors (Lipinski definition) is 1. The summed E-state index contributed by atoms with van der Waals surface area (Å²) in [5.41, 5.74) is 1.94. The Bertz CT molecular complexity index is 1060. The largest absolute Gasteiger partial charge is 0.497 e. The van der Waals surface area contributed by atoms with E-state index in [1.54, 1.807) is 32.8 Å². The number of methoxy groups -OCH3 is 1. The molecule has 0 saturated heterocycles. The van der Waals surface area contributed by atoms with Gasteiger partial charge >= 0.3 is 6.09 Å². The standard InChI is InChI=1S/C28H32N2O4/c1-28(2,3)34-27(32)29-25(19-21-11-7-5-8-12-21)26(31)30(20-22-13-9-6-10-14-22)23-15-17-24(33-4)18-16-23/h5-18,25H,19-20H2,1-4H3,(H,29,32)/t25-/m0/s1. The lowest BCUT2D eigenvalue weighted by molar-refractivity contribution is -0.120. The van der Waals surface area contributed by atoms with Crippen molar-refractivity contribution < 1.29 is 19.1 Å². The summed E-state index contributed by atoms with van der Waals surface area (Å²) in [7, 11) is 1.60. The average molecular weight is 461 g/mol. The summed E-state index contributed by atoms with van der Waals surface area (Å²) in [6.45, 7) is 5.73. The Morgan fingerprint density at radius 2 is 1.41 bits per heavy atom. The number of ether oxygens (including phenoxy) is 2. The third-order valence-electron chi connectivity index (χ3n) is 5.11. The highest BCUT2D eigenvalue weighted by Gasteiger charge is 2.29. The Morgan fingerprint density at radius 1 is 0.853 bits per heavy atom. The van der Waals surface area contributed by atoms with Crippen LogP contribution < -0.4 is 15.0 Å². The molecule has 0 aromatic heterocycles. The van der Waals surface area contributed by atoms with Gasteiger partial charge in [-0.25, -0.2) is 4.79 Å². The van der Waals surface area contributed by atoms with E-state index in [1.165, 1.54) is 0 Å². The molecule has 0 aliphatic carbocycles. The maximum Gasteiger partial charge on any atom is 0.408 e. The van der Waals surface area contributed by atoms with Gasteiger partial charge in [0.15, 0.2) is 0 Å². The molecule has 0 aliphatic rings. The molecule has 6 nitrogen and oxygen atoms in total. The van der Waals surface area contributed by atoms with E-state index in [-0.39, 0.29) is 5.91 Å². The number of carbonyl (C=O) groups excluding carboxylic acids is 2. The van der Waals surface area contributed by atoms with Gasteiger partial charge in [0.2, 0.25) is 5.91 Å². The zero-order chi connectivity index (χ0) is 24.6. The highest BCUT2D eigenvalue weighted by atomic mass is 16.6. The fraction of sp³-hybridized carbons (Fsp3) is 0.286. The fourth-order valence-electron chi connectivity index (χ4n) is 3.51. The van der Waals surface area contributed by atoms with Crippen molar-refractivity contribution in [2.24, 2.45) is 0 Å². The van der Waals surface area contributed by atoms with Crippen LogP contribution in [0, 0.1) is 0 Å². The highest BCUT2D eigenvalue weighted by Crippen LogP contribution is 2.23. The predicted molar refractivity (Wildman–Crippen MR) is 134 cm³/mol. The molecule has 1 N–H and O–H groups in total. The number of rotatable bonds is 8. The quantitative estimate of drug-likeness (QED) is 0.491. The van der Waals surface area contributed by atoms with E-state index >= 15 is 0 Å². The Kier molecular flexibility index (Phi) is 8.30. The molecule has 178 valence electrons. The average Bonchev–Trinajstić information content (AvgIpc) is 2.82. The van der Waals surface area contributed by atoms with Crippen LogP contribution in [0.4, 0.5) is 10.5 Å². The van der Waals surface area contributed by atoms with Gasteiger partial charge in [0, 0.05) is 12.1 Å². The van der Waals surface area contributed by atoms with E-state index in [0.717, 1.165) is 11.1 Å². The maximum absolute atomic E-state index is 13.9. The molecule has 0 spiro atoms. The lowest BCUT2D eigenvalue weighted by Crippen LogP contribution is -2.50. The molecule has 2 amide bonds. The Hall–Kier alpha value is -3.80. The zero-order valence-corrected chi connectivity index (χ0v) is 20.2. The fourth-order valence-corrected chi connectivity index (χ4v) is 3.51. The minimum Gasteiger partial charge on any atom is -0.497 e. The molecule has 0 radical (unpaired) electrons. The summed E-state index contributed by atoms with van der Waals surface area (Å²) in [4.78, 5) is 28.3. The molecular formula is C28H32N2O4. The molecule has 0 heterocycles. The van der Waals surface area contributed by atoms with Gasteiger partial charge in [0.1, 0.15) is 17.4 Å². The second-order valence-corrected chi connectivity index (χ2v) is 9.00. The Morgan fingerprint density at radius 3 is 1.94 bits per heavy atom. The molecule has 3 aromatic carbocycles. The molecule has 1 atom stereocenters. The Balaban J connectivity index is 1.94. The number of nitrogens with one attached hydrogen (secondary N) is 1. The van der Waals surface area contributed by atoms with Crippen molar-refractivity contribution in [3.05, 3.63) is 96.1 Å². The number of amides is 2. The van der Waals surface area contributed by atoms with Gasteiger partial charge in [-0.15, -0.1) is 0 Å². The monoisotopic (exact) mass is 460 g/mol. The lowest BCUT2D eigenvalue weighted by atomic mass is 10.0. The first-order chi connectivity index (χ1) is 16.2. The van der Waals surface area contributed by atoms with E-state index in [2.05, 4.69) is 5.32 Å². The lowest BCUT2D eigenvalue weighted by Gasteiger charge is -2.29. The molecule has 34 heavy (non-hydrogen) atoms. The van der Waals surface area contributed by atoms with Crippen LogP contribution in [0.1, 0.15) is 31.9 Å². The molecule has 0 unspecified atom stereocenters. The minimum absolute atomic E-state index is 0.233. The van der Waals surface area contributed by atoms with Crippen molar-refractivity contribution >= 4 is 17.7 Å². The normalized spacial score (nSPS) is 11.9. The van der Waals surface area contributed by atoms with Gasteiger partial charge in [0.05, 0.1) is 13.7 Å². The first kappa shape index (κ1) is 24.8. The van der Waals surface area contributed by atoms with Crippen molar-refractivity contribution in [2.75, 3.05) is 12.0 Å². The number of nitrogens with zero attached hydrogens (tertiary/aromatic N) is 1. The summed E-state index contributed by atoms with van der Waals surface area (Å²) in [5.74, 6) is 0.465. The maximum atomic E-state index is 13.9. The summed E-state index contributed by atoms with van der Waals surface area (Å²) < 4.78 is 10.7. The summed E-state index contributed by atoms with van der Waals surface area (Å²) in [5, 5.41) is 2.80.